The summed E-state index contributed by atoms with van der Waals surface area (Å²) < 4.78 is 5.49. The quantitative estimate of drug-likeness (QED) is 0.606. The Bertz CT molecular complexity index is 1040. The Hall–Kier alpha value is -3.21. The van der Waals surface area contributed by atoms with Gasteiger partial charge in [0.2, 0.25) is 0 Å². The lowest BCUT2D eigenvalue weighted by Gasteiger charge is -2.28. The second-order valence-corrected chi connectivity index (χ2v) is 6.46. The molecule has 5 heteroatoms. The molecule has 26 heavy (non-hydrogen) atoms. The number of rotatable bonds is 2. The maximum atomic E-state index is 12.3. The van der Waals surface area contributed by atoms with Gasteiger partial charge in [-0.15, -0.1) is 0 Å². The van der Waals surface area contributed by atoms with Crippen molar-refractivity contribution in [3.05, 3.63) is 59.2 Å². The summed E-state index contributed by atoms with van der Waals surface area (Å²) in [5, 5.41) is 32.2. The Morgan fingerprint density at radius 2 is 1.69 bits per heavy atom. The van der Waals surface area contributed by atoms with E-state index < -0.39 is 0 Å². The molecule has 5 nitrogen and oxygen atoms in total. The van der Waals surface area contributed by atoms with Gasteiger partial charge in [0, 0.05) is 28.7 Å². The molecule has 0 bridgehead atoms. The first-order chi connectivity index (χ1) is 12.5. The van der Waals surface area contributed by atoms with Gasteiger partial charge in [0.05, 0.1) is 12.7 Å². The van der Waals surface area contributed by atoms with E-state index in [1.54, 1.807) is 31.4 Å². The summed E-state index contributed by atoms with van der Waals surface area (Å²) in [6, 6.07) is 11.5. The van der Waals surface area contributed by atoms with Gasteiger partial charge in [-0.1, -0.05) is 18.2 Å². The molecule has 0 aliphatic heterocycles. The van der Waals surface area contributed by atoms with Crippen LogP contribution in [0, 0.1) is 0 Å². The first-order valence-electron chi connectivity index (χ1n) is 8.39. The van der Waals surface area contributed by atoms with Gasteiger partial charge in [0.1, 0.15) is 23.0 Å². The molecule has 3 N–H and O–H groups in total. The molecule has 0 heterocycles. The third-order valence-electron chi connectivity index (χ3n) is 5.09. The molecule has 1 atom stereocenters. The maximum Gasteiger partial charge on any atom is 0.167 e. The highest BCUT2D eigenvalue weighted by atomic mass is 16.5. The normalized spacial score (nSPS) is 16.5. The molecule has 0 saturated heterocycles. The number of benzene rings is 3. The number of hydrogen-bond donors (Lipinski definition) is 3. The fraction of sp³-hybridized carbons (Fsp3) is 0.190. The van der Waals surface area contributed by atoms with Gasteiger partial charge in [-0.3, -0.25) is 4.79 Å². The van der Waals surface area contributed by atoms with Gasteiger partial charge >= 0.3 is 0 Å². The minimum Gasteiger partial charge on any atom is -0.508 e. The summed E-state index contributed by atoms with van der Waals surface area (Å²) in [5.41, 5.74) is 1.45. The van der Waals surface area contributed by atoms with Crippen LogP contribution in [-0.2, 0) is 0 Å². The molecule has 0 unspecified atom stereocenters. The van der Waals surface area contributed by atoms with Crippen LogP contribution in [0.5, 0.6) is 23.0 Å². The van der Waals surface area contributed by atoms with Crippen LogP contribution < -0.4 is 4.74 Å². The van der Waals surface area contributed by atoms with E-state index in [1.165, 1.54) is 12.1 Å². The summed E-state index contributed by atoms with van der Waals surface area (Å²) in [6.07, 6.45) is 0.771. The number of fused-ring (bicyclic) bond motifs is 2. The lowest BCUT2D eigenvalue weighted by molar-refractivity contribution is 0.0965. The molecular formula is C21H18O5. The Balaban J connectivity index is 2.05. The van der Waals surface area contributed by atoms with Crippen molar-refractivity contribution in [3.8, 4) is 23.0 Å². The Morgan fingerprint density at radius 1 is 0.962 bits per heavy atom. The number of carbonyl (C=O) groups excluding carboxylic acids is 1. The molecule has 0 amide bonds. The van der Waals surface area contributed by atoms with Crippen molar-refractivity contribution >= 4 is 16.6 Å². The SMILES string of the molecule is COc1cccc2c(O)ccc([C@@H]3CCC(=O)c4c(O)ccc(O)c43)c12. The number of methoxy groups -OCH3 is 1. The zero-order chi connectivity index (χ0) is 18.4. The number of hydrogen-bond acceptors (Lipinski definition) is 5. The van der Waals surface area contributed by atoms with Crippen LogP contribution in [0.2, 0.25) is 0 Å². The van der Waals surface area contributed by atoms with Crippen molar-refractivity contribution < 1.29 is 24.9 Å². The van der Waals surface area contributed by atoms with E-state index in [0.29, 0.717) is 23.1 Å². The summed E-state index contributed by atoms with van der Waals surface area (Å²) in [4.78, 5) is 12.3. The van der Waals surface area contributed by atoms with E-state index in [4.69, 9.17) is 4.74 Å². The van der Waals surface area contributed by atoms with Crippen LogP contribution in [0.25, 0.3) is 10.8 Å². The van der Waals surface area contributed by atoms with Crippen LogP contribution in [0.1, 0.15) is 40.2 Å². The largest absolute Gasteiger partial charge is 0.508 e. The molecule has 1 aliphatic carbocycles. The van der Waals surface area contributed by atoms with Crippen LogP contribution in [0.4, 0.5) is 0 Å². The molecule has 4 rings (SSSR count). The minimum atomic E-state index is -0.297. The van der Waals surface area contributed by atoms with Gasteiger partial charge in [-0.25, -0.2) is 0 Å². The van der Waals surface area contributed by atoms with Gasteiger partial charge in [-0.2, -0.15) is 0 Å². The monoisotopic (exact) mass is 350 g/mol. The predicted octanol–water partition coefficient (Wildman–Crippen LogP) is 4.07. The van der Waals surface area contributed by atoms with Crippen LogP contribution >= 0.6 is 0 Å². The second-order valence-electron chi connectivity index (χ2n) is 6.46. The molecule has 132 valence electrons. The Kier molecular flexibility index (Phi) is 3.72. The molecule has 3 aromatic rings. The zero-order valence-electron chi connectivity index (χ0n) is 14.2. The van der Waals surface area contributed by atoms with Crippen molar-refractivity contribution in [2.45, 2.75) is 18.8 Å². The highest BCUT2D eigenvalue weighted by molar-refractivity contribution is 6.03. The van der Waals surface area contributed by atoms with Crippen LogP contribution in [0.15, 0.2) is 42.5 Å². The van der Waals surface area contributed by atoms with E-state index in [0.717, 1.165) is 10.9 Å². The third kappa shape index (κ3) is 2.28. The zero-order valence-corrected chi connectivity index (χ0v) is 14.2. The fourth-order valence-electron chi connectivity index (χ4n) is 3.94. The van der Waals surface area contributed by atoms with Crippen molar-refractivity contribution in [2.75, 3.05) is 7.11 Å². The highest BCUT2D eigenvalue weighted by Crippen LogP contribution is 2.48. The molecule has 3 aromatic carbocycles. The number of ketones is 1. The number of phenolic OH excluding ortho intramolecular Hbond substituents is 3. The first kappa shape index (κ1) is 16.3. The number of ether oxygens (including phenoxy) is 1. The summed E-state index contributed by atoms with van der Waals surface area (Å²) in [5.74, 6) is 0.116. The molecule has 0 fully saturated rings. The summed E-state index contributed by atoms with van der Waals surface area (Å²) >= 11 is 0. The minimum absolute atomic E-state index is 0.0213. The fourth-order valence-corrected chi connectivity index (χ4v) is 3.94. The average Bonchev–Trinajstić information content (AvgIpc) is 2.65. The molecular weight excluding hydrogens is 332 g/mol. The molecule has 1 aliphatic rings. The van der Waals surface area contributed by atoms with E-state index in [1.807, 2.05) is 6.07 Å². The first-order valence-corrected chi connectivity index (χ1v) is 8.39. The lowest BCUT2D eigenvalue weighted by atomic mass is 9.76. The van der Waals surface area contributed by atoms with E-state index >= 15 is 0 Å². The third-order valence-corrected chi connectivity index (χ3v) is 5.09. The Labute approximate surface area is 150 Å². The average molecular weight is 350 g/mol. The Morgan fingerprint density at radius 3 is 2.46 bits per heavy atom. The molecule has 0 spiro atoms. The molecule has 0 aromatic heterocycles. The van der Waals surface area contributed by atoms with Crippen molar-refractivity contribution in [1.29, 1.82) is 0 Å². The maximum absolute atomic E-state index is 12.3. The van der Waals surface area contributed by atoms with E-state index in [9.17, 15) is 20.1 Å². The van der Waals surface area contributed by atoms with E-state index in [2.05, 4.69) is 0 Å². The number of carbonyl (C=O) groups is 1. The van der Waals surface area contributed by atoms with Gasteiger partial charge in [-0.05, 0) is 36.2 Å². The van der Waals surface area contributed by atoms with E-state index in [-0.39, 0.29) is 40.9 Å². The topological polar surface area (TPSA) is 87.0 Å². The second kappa shape index (κ2) is 5.95. The standard InChI is InChI=1S/C21H18O5/c1-26-18-4-2-3-13-14(22)7-5-11(19(13)18)12-6-8-16(24)21-17(25)10-9-15(23)20(12)21/h2-5,7,9-10,12,22-23,25H,6,8H2,1H3/t12-/m0/s1. The van der Waals surface area contributed by atoms with Crippen molar-refractivity contribution in [2.24, 2.45) is 0 Å². The van der Waals surface area contributed by atoms with Gasteiger partial charge in [0.15, 0.2) is 5.78 Å². The lowest BCUT2D eigenvalue weighted by Crippen LogP contribution is -2.17. The summed E-state index contributed by atoms with van der Waals surface area (Å²) in [7, 11) is 1.56. The number of Topliss-reactive ketones (excluding diaryl/α,β-unsaturated/α-hetero) is 1. The van der Waals surface area contributed by atoms with Crippen LogP contribution in [0.3, 0.4) is 0 Å². The van der Waals surface area contributed by atoms with Gasteiger partial charge in [0.25, 0.3) is 0 Å². The smallest absolute Gasteiger partial charge is 0.167 e. The van der Waals surface area contributed by atoms with Crippen molar-refractivity contribution in [1.82, 2.24) is 0 Å². The predicted molar refractivity (Wildman–Crippen MR) is 97.3 cm³/mol. The molecule has 0 saturated carbocycles. The van der Waals surface area contributed by atoms with Crippen LogP contribution in [-0.4, -0.2) is 28.2 Å². The van der Waals surface area contributed by atoms with Gasteiger partial charge < -0.3 is 20.1 Å². The number of phenols is 3. The van der Waals surface area contributed by atoms with Crippen molar-refractivity contribution in [3.63, 3.8) is 0 Å². The molecule has 0 radical (unpaired) electrons. The summed E-state index contributed by atoms with van der Waals surface area (Å²) in [6.45, 7) is 0. The highest BCUT2D eigenvalue weighted by Gasteiger charge is 2.33. The number of aromatic hydroxyl groups is 3.